The van der Waals surface area contributed by atoms with E-state index in [1.54, 1.807) is 0 Å². The van der Waals surface area contributed by atoms with Gasteiger partial charge in [0.1, 0.15) is 21.3 Å². The first-order chi connectivity index (χ1) is 17.2. The molecule has 0 aromatic heterocycles. The van der Waals surface area contributed by atoms with Gasteiger partial charge in [-0.15, -0.1) is 0 Å². The molecule has 0 saturated heterocycles. The van der Waals surface area contributed by atoms with E-state index in [1.807, 2.05) is 0 Å². The molecule has 0 amide bonds. The Morgan fingerprint density at radius 2 is 0.763 bits per heavy atom. The van der Waals surface area contributed by atoms with Gasteiger partial charge in [0.2, 0.25) is 0 Å². The maximum Gasteiger partial charge on any atom is 0.298 e. The van der Waals surface area contributed by atoms with Gasteiger partial charge in [-0.3, -0.25) is 18.2 Å². The molecule has 38 heavy (non-hydrogen) atoms. The van der Waals surface area contributed by atoms with Crippen molar-refractivity contribution in [3.8, 4) is 22.6 Å². The molecule has 4 rings (SSSR count). The number of aromatic hydroxyl groups is 2. The van der Waals surface area contributed by atoms with Gasteiger partial charge in [0, 0.05) is 11.1 Å². The van der Waals surface area contributed by atoms with Crippen LogP contribution in [0.2, 0.25) is 0 Å². The molecule has 202 valence electrons. The maximum atomic E-state index is 12.0. The van der Waals surface area contributed by atoms with E-state index < -0.39 is 82.7 Å². The van der Waals surface area contributed by atoms with Crippen LogP contribution in [0.5, 0.6) is 11.5 Å². The lowest BCUT2D eigenvalue weighted by atomic mass is 9.92. The zero-order valence-corrected chi connectivity index (χ0v) is 21.5. The Kier molecular flexibility index (Phi) is 6.25. The summed E-state index contributed by atoms with van der Waals surface area (Å²) in [6.07, 6.45) is 0. The Morgan fingerprint density at radius 3 is 1.03 bits per heavy atom. The van der Waals surface area contributed by atoms with Crippen molar-refractivity contribution in [2.75, 3.05) is 0 Å². The molecule has 0 aliphatic heterocycles. The Morgan fingerprint density at radius 1 is 0.447 bits per heavy atom. The molecule has 0 bridgehead atoms. The van der Waals surface area contributed by atoms with Crippen molar-refractivity contribution in [2.45, 2.75) is 19.6 Å². The predicted molar refractivity (Wildman–Crippen MR) is 129 cm³/mol. The van der Waals surface area contributed by atoms with Crippen LogP contribution in [0.15, 0.2) is 68.1 Å². The highest BCUT2D eigenvalue weighted by Crippen LogP contribution is 2.49. The summed E-state index contributed by atoms with van der Waals surface area (Å²) >= 11 is 0. The van der Waals surface area contributed by atoms with Crippen LogP contribution in [0, 0.1) is 0 Å². The van der Waals surface area contributed by atoms with Gasteiger partial charge >= 0.3 is 0 Å². The summed E-state index contributed by atoms with van der Waals surface area (Å²) in [5.74, 6) is -2.50. The molecule has 0 spiro atoms. The van der Waals surface area contributed by atoms with E-state index >= 15 is 0 Å². The monoisotopic (exact) mass is 606 g/mol. The fourth-order valence-corrected chi connectivity index (χ4v) is 6.19. The van der Waals surface area contributed by atoms with Crippen molar-refractivity contribution in [3.05, 3.63) is 48.5 Å². The van der Waals surface area contributed by atoms with Crippen molar-refractivity contribution in [1.82, 2.24) is 0 Å². The number of phenols is 2. The van der Waals surface area contributed by atoms with E-state index in [-0.39, 0.29) is 21.5 Å². The lowest BCUT2D eigenvalue weighted by molar-refractivity contribution is 0.438. The van der Waals surface area contributed by atoms with Gasteiger partial charge in [-0.25, -0.2) is 0 Å². The van der Waals surface area contributed by atoms with E-state index in [9.17, 15) is 62.1 Å². The Hall–Kier alpha value is -3.36. The summed E-state index contributed by atoms with van der Waals surface area (Å²) in [5.41, 5.74) is -1.38. The molecule has 0 unspecified atom stereocenters. The fourth-order valence-electron chi connectivity index (χ4n) is 3.92. The molecule has 18 heteroatoms. The molecular weight excluding hydrogens is 592 g/mol. The molecule has 14 nitrogen and oxygen atoms in total. The molecule has 0 aliphatic carbocycles. The van der Waals surface area contributed by atoms with Gasteiger partial charge in [-0.05, 0) is 57.9 Å². The van der Waals surface area contributed by atoms with Gasteiger partial charge in [-0.1, -0.05) is 12.1 Å². The average molecular weight is 607 g/mol. The minimum absolute atomic E-state index is 0.245. The van der Waals surface area contributed by atoms with Crippen LogP contribution in [0.25, 0.3) is 32.7 Å². The largest absolute Gasteiger partial charge is 0.506 e. The quantitative estimate of drug-likeness (QED) is 0.178. The second-order valence-electron chi connectivity index (χ2n) is 7.86. The third-order valence-corrected chi connectivity index (χ3v) is 8.93. The molecule has 0 saturated carbocycles. The van der Waals surface area contributed by atoms with Crippen molar-refractivity contribution in [1.29, 1.82) is 0 Å². The number of phenolic OH excluding ortho intramolecular Hbond substituents is 2. The van der Waals surface area contributed by atoms with Gasteiger partial charge in [-0.2, -0.15) is 33.7 Å². The Bertz CT molecular complexity index is 1980. The van der Waals surface area contributed by atoms with E-state index in [4.69, 9.17) is 0 Å². The van der Waals surface area contributed by atoms with Gasteiger partial charge in [0.15, 0.2) is 0 Å². The predicted octanol–water partition coefficient (Wildman–Crippen LogP) is 2.06. The lowest BCUT2D eigenvalue weighted by Crippen LogP contribution is -2.04. The topological polar surface area (TPSA) is 258 Å². The molecule has 6 N–H and O–H groups in total. The van der Waals surface area contributed by atoms with Crippen LogP contribution in [-0.4, -0.2) is 62.1 Å². The summed E-state index contributed by atoms with van der Waals surface area (Å²) < 4.78 is 133. The highest BCUT2D eigenvalue weighted by atomic mass is 32.2. The lowest BCUT2D eigenvalue weighted by Gasteiger charge is -2.18. The zero-order valence-electron chi connectivity index (χ0n) is 18.2. The van der Waals surface area contributed by atoms with Crippen molar-refractivity contribution in [2.24, 2.45) is 0 Å². The maximum absolute atomic E-state index is 12.0. The molecular formula is C20H14O14S4. The normalized spacial score (nSPS) is 13.3. The van der Waals surface area contributed by atoms with Crippen LogP contribution in [-0.2, 0) is 40.5 Å². The number of hydrogen-bond acceptors (Lipinski definition) is 10. The van der Waals surface area contributed by atoms with Crippen molar-refractivity contribution < 1.29 is 62.1 Å². The van der Waals surface area contributed by atoms with E-state index in [2.05, 4.69) is 0 Å². The molecule has 0 atom stereocenters. The SMILES string of the molecule is O=S(=O)(O)c1ccc2c(-c3c(O)c(S(=O)(=O)O)cc4cc(S(=O)(=O)O)ccc34)c(O)c(S(=O)(=O)O)cc2c1. The minimum Gasteiger partial charge on any atom is -0.506 e. The Balaban J connectivity index is 2.34. The molecule has 0 radical (unpaired) electrons. The number of hydrogen-bond donors (Lipinski definition) is 6. The zero-order chi connectivity index (χ0) is 28.6. The first kappa shape index (κ1) is 27.7. The first-order valence-corrected chi connectivity index (χ1v) is 15.5. The summed E-state index contributed by atoms with van der Waals surface area (Å²) in [5, 5.41) is 20.6. The molecule has 0 aliphatic rings. The van der Waals surface area contributed by atoms with E-state index in [0.717, 1.165) is 36.4 Å². The van der Waals surface area contributed by atoms with Crippen LogP contribution >= 0.6 is 0 Å². The van der Waals surface area contributed by atoms with Crippen molar-refractivity contribution >= 4 is 62.0 Å². The van der Waals surface area contributed by atoms with Gasteiger partial charge in [0.25, 0.3) is 40.5 Å². The van der Waals surface area contributed by atoms with Crippen LogP contribution < -0.4 is 0 Å². The fraction of sp³-hybridized carbons (Fsp3) is 0. The van der Waals surface area contributed by atoms with Crippen LogP contribution in [0.3, 0.4) is 0 Å². The second-order valence-corrected chi connectivity index (χ2v) is 13.5. The highest BCUT2D eigenvalue weighted by molar-refractivity contribution is 7.86. The number of fused-ring (bicyclic) bond motifs is 2. The molecule has 4 aromatic rings. The molecule has 0 heterocycles. The standard InChI is InChI=1S/C20H14O14S4/c21-19-15(37(29,30)31)7-9-5-11(35(23,24)25)1-3-13(9)17(19)18-14-4-2-12(36(26,27)28)6-10(14)8-16(20(18)22)38(32,33)34/h1-8,21-22H,(H,23,24,25)(H,26,27,28)(H,29,30,31)(H,32,33,34). The summed E-state index contributed by atoms with van der Waals surface area (Å²) in [7, 11) is -20.2. The number of benzene rings is 4. The summed E-state index contributed by atoms with van der Waals surface area (Å²) in [6.45, 7) is 0. The summed E-state index contributed by atoms with van der Waals surface area (Å²) in [4.78, 5) is -3.90. The van der Waals surface area contributed by atoms with E-state index in [1.165, 1.54) is 0 Å². The highest BCUT2D eigenvalue weighted by Gasteiger charge is 2.29. The third-order valence-electron chi connectivity index (χ3n) is 5.50. The smallest absolute Gasteiger partial charge is 0.298 e. The van der Waals surface area contributed by atoms with E-state index in [0.29, 0.717) is 12.1 Å². The second kappa shape index (κ2) is 8.58. The van der Waals surface area contributed by atoms with Gasteiger partial charge < -0.3 is 10.2 Å². The molecule has 0 fully saturated rings. The third kappa shape index (κ3) is 4.78. The van der Waals surface area contributed by atoms with Crippen LogP contribution in [0.4, 0.5) is 0 Å². The van der Waals surface area contributed by atoms with Gasteiger partial charge in [0.05, 0.1) is 9.79 Å². The molecule has 4 aromatic carbocycles. The number of rotatable bonds is 5. The minimum atomic E-state index is -5.26. The van der Waals surface area contributed by atoms with Crippen molar-refractivity contribution in [3.63, 3.8) is 0 Å². The summed E-state index contributed by atoms with van der Waals surface area (Å²) in [6, 6.07) is 6.36. The Labute approximate surface area is 214 Å². The van der Waals surface area contributed by atoms with Crippen LogP contribution in [0.1, 0.15) is 0 Å². The average Bonchev–Trinajstić information content (AvgIpc) is 2.75. The first-order valence-electron chi connectivity index (χ1n) is 9.71.